The van der Waals surface area contributed by atoms with Gasteiger partial charge in [-0.25, -0.2) is 4.79 Å². The van der Waals surface area contributed by atoms with E-state index in [1.807, 2.05) is 24.5 Å². The van der Waals surface area contributed by atoms with E-state index in [2.05, 4.69) is 5.32 Å². The number of carbonyl (C=O) groups is 3. The van der Waals surface area contributed by atoms with Crippen LogP contribution >= 0.6 is 0 Å². The molecule has 166 valence electrons. The maximum atomic E-state index is 13.1. The van der Waals surface area contributed by atoms with Crippen molar-refractivity contribution in [3.63, 3.8) is 0 Å². The summed E-state index contributed by atoms with van der Waals surface area (Å²) in [5.41, 5.74) is 3.24. The molecule has 0 unspecified atom stereocenters. The number of nitrogens with one attached hydrogen (secondary N) is 1. The second kappa shape index (κ2) is 8.07. The fourth-order valence-electron chi connectivity index (χ4n) is 4.59. The quantitative estimate of drug-likeness (QED) is 0.340. The number of nitro benzene ring substituents is 1. The van der Waals surface area contributed by atoms with E-state index in [1.54, 1.807) is 19.1 Å². The molecular weight excluding hydrogens is 412 g/mol. The predicted octanol–water partition coefficient (Wildman–Crippen LogP) is 3.72. The Kier molecular flexibility index (Phi) is 5.41. The third-order valence-electron chi connectivity index (χ3n) is 6.24. The standard InChI is InChI=1S/C23H24N4O5/c1-13-8-9-18(12-20(13)27(31)32)25-14(2)10-16(15(25)3)11-19-21(28)24-23(30)26(22(19)29)17-6-4-5-7-17/h8-12,17H,4-7H2,1-3H3,(H,24,28,30)/b19-11+. The zero-order chi connectivity index (χ0) is 23.2. The van der Waals surface area contributed by atoms with Gasteiger partial charge in [-0.2, -0.15) is 0 Å². The molecule has 1 saturated carbocycles. The number of imide groups is 2. The molecule has 2 aromatic rings. The molecule has 1 saturated heterocycles. The van der Waals surface area contributed by atoms with Gasteiger partial charge >= 0.3 is 6.03 Å². The number of nitrogens with zero attached hydrogens (tertiary/aromatic N) is 3. The lowest BCUT2D eigenvalue weighted by molar-refractivity contribution is -0.385. The molecule has 2 fully saturated rings. The highest BCUT2D eigenvalue weighted by atomic mass is 16.6. The Morgan fingerprint density at radius 3 is 2.44 bits per heavy atom. The van der Waals surface area contributed by atoms with Crippen molar-refractivity contribution in [1.29, 1.82) is 0 Å². The predicted molar refractivity (Wildman–Crippen MR) is 117 cm³/mol. The van der Waals surface area contributed by atoms with Crippen molar-refractivity contribution in [3.05, 3.63) is 62.5 Å². The number of urea groups is 1. The van der Waals surface area contributed by atoms with Crippen LogP contribution in [0.4, 0.5) is 10.5 Å². The van der Waals surface area contributed by atoms with Gasteiger partial charge in [-0.1, -0.05) is 18.9 Å². The first-order chi connectivity index (χ1) is 15.2. The van der Waals surface area contributed by atoms with Gasteiger partial charge in [0.15, 0.2) is 0 Å². The van der Waals surface area contributed by atoms with E-state index in [4.69, 9.17) is 0 Å². The minimum Gasteiger partial charge on any atom is -0.318 e. The third-order valence-corrected chi connectivity index (χ3v) is 6.24. The molecule has 0 bridgehead atoms. The van der Waals surface area contributed by atoms with Crippen LogP contribution in [-0.2, 0) is 9.59 Å². The molecule has 1 N–H and O–H groups in total. The van der Waals surface area contributed by atoms with Crippen molar-refractivity contribution in [1.82, 2.24) is 14.8 Å². The number of rotatable bonds is 4. The number of benzene rings is 1. The molecule has 0 atom stereocenters. The van der Waals surface area contributed by atoms with Crippen molar-refractivity contribution in [3.8, 4) is 5.69 Å². The van der Waals surface area contributed by atoms with Gasteiger partial charge in [0.2, 0.25) is 0 Å². The molecule has 0 radical (unpaired) electrons. The van der Waals surface area contributed by atoms with E-state index < -0.39 is 22.8 Å². The molecule has 9 nitrogen and oxygen atoms in total. The second-order valence-electron chi connectivity index (χ2n) is 8.32. The summed E-state index contributed by atoms with van der Waals surface area (Å²) in [6.07, 6.45) is 4.85. The molecule has 1 aliphatic heterocycles. The van der Waals surface area contributed by atoms with Crippen LogP contribution in [0.3, 0.4) is 0 Å². The zero-order valence-electron chi connectivity index (χ0n) is 18.2. The number of aryl methyl sites for hydroxylation is 2. The van der Waals surface area contributed by atoms with Crippen LogP contribution in [0, 0.1) is 30.9 Å². The molecule has 4 amide bonds. The molecule has 4 rings (SSSR count). The highest BCUT2D eigenvalue weighted by Crippen LogP contribution is 2.30. The maximum Gasteiger partial charge on any atom is 0.331 e. The summed E-state index contributed by atoms with van der Waals surface area (Å²) in [7, 11) is 0. The summed E-state index contributed by atoms with van der Waals surface area (Å²) in [5.74, 6) is -1.30. The largest absolute Gasteiger partial charge is 0.331 e. The van der Waals surface area contributed by atoms with E-state index in [-0.39, 0.29) is 17.3 Å². The molecular formula is C23H24N4O5. The van der Waals surface area contributed by atoms with E-state index >= 15 is 0 Å². The lowest BCUT2D eigenvalue weighted by Crippen LogP contribution is -2.57. The first kappa shape index (κ1) is 21.5. The van der Waals surface area contributed by atoms with Crippen molar-refractivity contribution < 1.29 is 19.3 Å². The Bertz CT molecular complexity index is 1190. The van der Waals surface area contributed by atoms with Crippen LogP contribution in [0.1, 0.15) is 48.2 Å². The van der Waals surface area contributed by atoms with Gasteiger partial charge in [0.05, 0.1) is 10.6 Å². The summed E-state index contributed by atoms with van der Waals surface area (Å²) in [5, 5.41) is 13.6. The van der Waals surface area contributed by atoms with Crippen LogP contribution in [0.25, 0.3) is 11.8 Å². The lowest BCUT2D eigenvalue weighted by Gasteiger charge is -2.31. The number of barbiturate groups is 1. The Morgan fingerprint density at radius 1 is 1.09 bits per heavy atom. The number of hydrogen-bond acceptors (Lipinski definition) is 5. The van der Waals surface area contributed by atoms with Crippen LogP contribution in [0.5, 0.6) is 0 Å². The molecule has 0 spiro atoms. The van der Waals surface area contributed by atoms with Gasteiger partial charge in [-0.05, 0) is 57.4 Å². The summed E-state index contributed by atoms with van der Waals surface area (Å²) in [4.78, 5) is 50.0. The van der Waals surface area contributed by atoms with Crippen molar-refractivity contribution in [2.75, 3.05) is 0 Å². The average Bonchev–Trinajstić information content (AvgIpc) is 3.34. The van der Waals surface area contributed by atoms with E-state index in [0.29, 0.717) is 16.8 Å². The zero-order valence-corrected chi connectivity index (χ0v) is 18.2. The molecule has 2 aliphatic rings. The monoisotopic (exact) mass is 436 g/mol. The summed E-state index contributed by atoms with van der Waals surface area (Å²) in [6, 6.07) is 5.93. The minimum absolute atomic E-state index is 0.0162. The van der Waals surface area contributed by atoms with Gasteiger partial charge in [0, 0.05) is 29.1 Å². The van der Waals surface area contributed by atoms with Gasteiger partial charge in [0.25, 0.3) is 17.5 Å². The topological polar surface area (TPSA) is 115 Å². The van der Waals surface area contributed by atoms with Gasteiger partial charge in [-0.15, -0.1) is 0 Å². The number of carbonyl (C=O) groups excluding carboxylic acids is 3. The first-order valence-electron chi connectivity index (χ1n) is 10.5. The Morgan fingerprint density at radius 2 is 1.78 bits per heavy atom. The Hall–Kier alpha value is -3.75. The molecule has 9 heteroatoms. The summed E-state index contributed by atoms with van der Waals surface area (Å²) in [6.45, 7) is 5.34. The third kappa shape index (κ3) is 3.59. The molecule has 1 aromatic heterocycles. The van der Waals surface area contributed by atoms with Crippen LogP contribution in [0.2, 0.25) is 0 Å². The number of nitro groups is 1. The van der Waals surface area contributed by atoms with E-state index in [1.165, 1.54) is 17.0 Å². The fraction of sp³-hybridized carbons (Fsp3) is 0.348. The smallest absolute Gasteiger partial charge is 0.318 e. The van der Waals surface area contributed by atoms with Crippen molar-refractivity contribution >= 4 is 29.6 Å². The van der Waals surface area contributed by atoms with Gasteiger partial charge in [-0.3, -0.25) is 29.9 Å². The van der Waals surface area contributed by atoms with Crippen LogP contribution in [-0.4, -0.2) is 38.3 Å². The first-order valence-corrected chi connectivity index (χ1v) is 10.5. The molecule has 1 aliphatic carbocycles. The second-order valence-corrected chi connectivity index (χ2v) is 8.32. The molecule has 32 heavy (non-hydrogen) atoms. The highest BCUT2D eigenvalue weighted by molar-refractivity contribution is 6.31. The molecule has 1 aromatic carbocycles. The number of hydrogen-bond donors (Lipinski definition) is 1. The number of amides is 4. The van der Waals surface area contributed by atoms with Crippen molar-refractivity contribution in [2.24, 2.45) is 0 Å². The lowest BCUT2D eigenvalue weighted by atomic mass is 10.1. The minimum atomic E-state index is -0.718. The van der Waals surface area contributed by atoms with Gasteiger partial charge < -0.3 is 4.57 Å². The highest BCUT2D eigenvalue weighted by Gasteiger charge is 2.40. The Labute approximate surface area is 184 Å². The molecule has 2 heterocycles. The van der Waals surface area contributed by atoms with Gasteiger partial charge in [0.1, 0.15) is 5.57 Å². The number of aromatic nitrogens is 1. The summed E-state index contributed by atoms with van der Waals surface area (Å²) < 4.78 is 1.84. The SMILES string of the molecule is Cc1ccc(-n2c(C)cc(/C=C3\C(=O)NC(=O)N(C4CCCC4)C3=O)c2C)cc1[N+](=O)[O-]. The fourth-order valence-corrected chi connectivity index (χ4v) is 4.59. The van der Waals surface area contributed by atoms with Crippen LogP contribution < -0.4 is 5.32 Å². The van der Waals surface area contributed by atoms with E-state index in [0.717, 1.165) is 37.1 Å². The van der Waals surface area contributed by atoms with E-state index in [9.17, 15) is 24.5 Å². The summed E-state index contributed by atoms with van der Waals surface area (Å²) >= 11 is 0. The van der Waals surface area contributed by atoms with Crippen LogP contribution in [0.15, 0.2) is 29.8 Å². The van der Waals surface area contributed by atoms with Crippen molar-refractivity contribution in [2.45, 2.75) is 52.5 Å². The average molecular weight is 436 g/mol. The maximum absolute atomic E-state index is 13.1. The normalized spacial score (nSPS) is 18.5. The Balaban J connectivity index is 1.74.